The molecule has 2 aromatic rings. The van der Waals surface area contributed by atoms with E-state index in [4.69, 9.17) is 5.11 Å². The average molecular weight is 341 g/mol. The SMILES string of the molecule is O=C(O)CCSSCCNC(=O)c1ccc2[nH]c(=O)[nH]c2c1. The monoisotopic (exact) mass is 341 g/mol. The van der Waals surface area contributed by atoms with E-state index in [1.165, 1.54) is 21.6 Å². The number of carbonyl (C=O) groups excluding carboxylic acids is 1. The molecule has 0 aliphatic carbocycles. The Labute approximate surface area is 133 Å². The second kappa shape index (κ2) is 7.95. The van der Waals surface area contributed by atoms with Crippen molar-refractivity contribution in [1.82, 2.24) is 15.3 Å². The van der Waals surface area contributed by atoms with Gasteiger partial charge in [-0.2, -0.15) is 0 Å². The number of amides is 1. The summed E-state index contributed by atoms with van der Waals surface area (Å²) in [4.78, 5) is 38.7. The van der Waals surface area contributed by atoms with E-state index < -0.39 is 5.97 Å². The Balaban J connectivity index is 1.74. The van der Waals surface area contributed by atoms with Crippen LogP contribution in [0.2, 0.25) is 0 Å². The topological polar surface area (TPSA) is 115 Å². The molecule has 1 aromatic carbocycles. The van der Waals surface area contributed by atoms with Crippen molar-refractivity contribution >= 4 is 44.5 Å². The number of hydrogen-bond acceptors (Lipinski definition) is 5. The van der Waals surface area contributed by atoms with Gasteiger partial charge in [0.25, 0.3) is 5.91 Å². The molecule has 9 heteroatoms. The molecule has 1 aromatic heterocycles. The number of imidazole rings is 1. The number of carboxylic acid groups (broad SMARTS) is 1. The number of nitrogens with one attached hydrogen (secondary N) is 3. The van der Waals surface area contributed by atoms with Crippen LogP contribution in [0.5, 0.6) is 0 Å². The third-order valence-corrected chi connectivity index (χ3v) is 5.14. The van der Waals surface area contributed by atoms with Gasteiger partial charge in [0.05, 0.1) is 17.5 Å². The van der Waals surface area contributed by atoms with Crippen LogP contribution < -0.4 is 11.0 Å². The first kappa shape index (κ1) is 16.5. The molecule has 118 valence electrons. The Kier molecular flexibility index (Phi) is 5.96. The average Bonchev–Trinajstić information content (AvgIpc) is 2.84. The van der Waals surface area contributed by atoms with Crippen molar-refractivity contribution in [1.29, 1.82) is 0 Å². The van der Waals surface area contributed by atoms with E-state index in [9.17, 15) is 14.4 Å². The second-order valence-electron chi connectivity index (χ2n) is 4.38. The van der Waals surface area contributed by atoms with Crippen molar-refractivity contribution in [3.8, 4) is 0 Å². The van der Waals surface area contributed by atoms with E-state index in [2.05, 4.69) is 15.3 Å². The fourth-order valence-electron chi connectivity index (χ4n) is 1.73. The molecule has 22 heavy (non-hydrogen) atoms. The highest BCUT2D eigenvalue weighted by atomic mass is 33.1. The van der Waals surface area contributed by atoms with Crippen LogP contribution in [0.25, 0.3) is 11.0 Å². The lowest BCUT2D eigenvalue weighted by atomic mass is 10.2. The van der Waals surface area contributed by atoms with Crippen molar-refractivity contribution in [2.24, 2.45) is 0 Å². The summed E-state index contributed by atoms with van der Waals surface area (Å²) in [6, 6.07) is 4.95. The summed E-state index contributed by atoms with van der Waals surface area (Å²) in [7, 11) is 3.00. The smallest absolute Gasteiger partial charge is 0.323 e. The minimum atomic E-state index is -0.806. The van der Waals surface area contributed by atoms with Gasteiger partial charge < -0.3 is 20.4 Å². The molecule has 0 unspecified atom stereocenters. The zero-order chi connectivity index (χ0) is 15.9. The van der Waals surface area contributed by atoms with E-state index in [1.807, 2.05) is 0 Å². The fraction of sp³-hybridized carbons (Fsp3) is 0.308. The molecule has 0 aliphatic heterocycles. The minimum Gasteiger partial charge on any atom is -0.481 e. The molecule has 0 aliphatic rings. The van der Waals surface area contributed by atoms with Gasteiger partial charge in [-0.25, -0.2) is 4.79 Å². The summed E-state index contributed by atoms with van der Waals surface area (Å²) in [5.41, 5.74) is 1.43. The van der Waals surface area contributed by atoms with Crippen molar-refractivity contribution < 1.29 is 14.7 Å². The lowest BCUT2D eigenvalue weighted by Gasteiger charge is -2.05. The molecule has 7 nitrogen and oxygen atoms in total. The normalized spacial score (nSPS) is 10.7. The van der Waals surface area contributed by atoms with Crippen molar-refractivity contribution in [3.05, 3.63) is 34.2 Å². The second-order valence-corrected chi connectivity index (χ2v) is 7.09. The Morgan fingerprint density at radius 2 is 1.86 bits per heavy atom. The summed E-state index contributed by atoms with van der Waals surface area (Å²) in [6.45, 7) is 0.491. The van der Waals surface area contributed by atoms with Gasteiger partial charge in [-0.05, 0) is 18.2 Å². The molecule has 2 rings (SSSR count). The van der Waals surface area contributed by atoms with Crippen LogP contribution in [0, 0.1) is 0 Å². The van der Waals surface area contributed by atoms with Gasteiger partial charge >= 0.3 is 11.7 Å². The van der Waals surface area contributed by atoms with Gasteiger partial charge in [-0.15, -0.1) is 0 Å². The summed E-state index contributed by atoms with van der Waals surface area (Å²) in [6.07, 6.45) is 0.138. The standard InChI is InChI=1S/C13H15N3O4S2/c17-11(18)3-5-21-22-6-4-14-12(19)8-1-2-9-10(7-8)16-13(20)15-9/h1-2,7H,3-6H2,(H,14,19)(H,17,18)(H2,15,16,20). The third-order valence-electron chi connectivity index (χ3n) is 2.73. The van der Waals surface area contributed by atoms with Crippen LogP contribution in [-0.4, -0.2) is 45.0 Å². The number of hydrogen-bond donors (Lipinski definition) is 4. The number of benzene rings is 1. The molecule has 4 N–H and O–H groups in total. The van der Waals surface area contributed by atoms with Crippen LogP contribution in [0.4, 0.5) is 0 Å². The predicted octanol–water partition coefficient (Wildman–Crippen LogP) is 1.44. The summed E-state index contributed by atoms with van der Waals surface area (Å²) in [5, 5.41) is 11.3. The van der Waals surface area contributed by atoms with Gasteiger partial charge in [0.2, 0.25) is 0 Å². The van der Waals surface area contributed by atoms with Gasteiger partial charge in [0.15, 0.2) is 0 Å². The van der Waals surface area contributed by atoms with E-state index >= 15 is 0 Å². The number of fused-ring (bicyclic) bond motifs is 1. The zero-order valence-corrected chi connectivity index (χ0v) is 13.2. The molecule has 0 radical (unpaired) electrons. The van der Waals surface area contributed by atoms with Crippen LogP contribution >= 0.6 is 21.6 Å². The highest BCUT2D eigenvalue weighted by Gasteiger charge is 2.07. The van der Waals surface area contributed by atoms with E-state index in [0.29, 0.717) is 34.6 Å². The highest BCUT2D eigenvalue weighted by Crippen LogP contribution is 2.21. The highest BCUT2D eigenvalue weighted by molar-refractivity contribution is 8.76. The summed E-state index contributed by atoms with van der Waals surface area (Å²) in [5.74, 6) is 0.227. The Morgan fingerprint density at radius 1 is 1.14 bits per heavy atom. The molecule has 0 saturated heterocycles. The Hall–Kier alpha value is -1.87. The molecule has 0 fully saturated rings. The number of aliphatic carboxylic acids is 1. The number of aromatic nitrogens is 2. The lowest BCUT2D eigenvalue weighted by Crippen LogP contribution is -2.25. The summed E-state index contributed by atoms with van der Waals surface area (Å²) >= 11 is 0. The van der Waals surface area contributed by atoms with E-state index in [-0.39, 0.29) is 18.0 Å². The number of carboxylic acids is 1. The number of H-pyrrole nitrogens is 2. The van der Waals surface area contributed by atoms with Gasteiger partial charge in [-0.1, -0.05) is 21.6 Å². The first-order valence-electron chi connectivity index (χ1n) is 6.53. The fourth-order valence-corrected chi connectivity index (χ4v) is 3.62. The maximum Gasteiger partial charge on any atom is 0.323 e. The maximum atomic E-state index is 12.0. The van der Waals surface area contributed by atoms with Crippen LogP contribution in [0.1, 0.15) is 16.8 Å². The maximum absolute atomic E-state index is 12.0. The molecular weight excluding hydrogens is 326 g/mol. The molecule has 1 heterocycles. The molecule has 0 saturated carbocycles. The van der Waals surface area contributed by atoms with Crippen molar-refractivity contribution in [2.45, 2.75) is 6.42 Å². The number of rotatable bonds is 8. The molecule has 0 spiro atoms. The van der Waals surface area contributed by atoms with Crippen molar-refractivity contribution in [3.63, 3.8) is 0 Å². The number of carbonyl (C=O) groups is 2. The van der Waals surface area contributed by atoms with Gasteiger partial charge in [0, 0.05) is 23.6 Å². The van der Waals surface area contributed by atoms with Crippen molar-refractivity contribution in [2.75, 3.05) is 18.1 Å². The first-order chi connectivity index (χ1) is 10.6. The molecule has 0 bridgehead atoms. The zero-order valence-electron chi connectivity index (χ0n) is 11.5. The van der Waals surface area contributed by atoms with E-state index in [0.717, 1.165) is 0 Å². The van der Waals surface area contributed by atoms with Crippen LogP contribution in [0.3, 0.4) is 0 Å². The van der Waals surface area contributed by atoms with Gasteiger partial charge in [-0.3, -0.25) is 9.59 Å². The van der Waals surface area contributed by atoms with Crippen LogP contribution in [-0.2, 0) is 4.79 Å². The summed E-state index contributed by atoms with van der Waals surface area (Å²) < 4.78 is 0. The molecular formula is C13H15N3O4S2. The Morgan fingerprint density at radius 3 is 2.64 bits per heavy atom. The number of aromatic amines is 2. The third kappa shape index (κ3) is 4.85. The Bertz CT molecular complexity index is 725. The quantitative estimate of drug-likeness (QED) is 0.427. The van der Waals surface area contributed by atoms with Gasteiger partial charge in [0.1, 0.15) is 0 Å². The molecule has 1 amide bonds. The largest absolute Gasteiger partial charge is 0.481 e. The lowest BCUT2D eigenvalue weighted by molar-refractivity contribution is -0.136. The predicted molar refractivity (Wildman–Crippen MR) is 88.4 cm³/mol. The first-order valence-corrected chi connectivity index (χ1v) is 9.01. The minimum absolute atomic E-state index is 0.138. The van der Waals surface area contributed by atoms with Crippen LogP contribution in [0.15, 0.2) is 23.0 Å². The van der Waals surface area contributed by atoms with E-state index in [1.54, 1.807) is 18.2 Å². The molecule has 0 atom stereocenters.